The van der Waals surface area contributed by atoms with Crippen molar-refractivity contribution in [2.45, 2.75) is 4.90 Å². The fourth-order valence-electron chi connectivity index (χ4n) is 1.68. The van der Waals surface area contributed by atoms with E-state index in [0.29, 0.717) is 4.91 Å². The maximum atomic E-state index is 11.9. The molecule has 1 aliphatic rings. The lowest BCUT2D eigenvalue weighted by Gasteiger charge is -2.17. The number of anilines is 1. The van der Waals surface area contributed by atoms with E-state index in [2.05, 4.69) is 10.3 Å². The van der Waals surface area contributed by atoms with Gasteiger partial charge in [-0.15, -0.1) is 0 Å². The molecule has 0 unspecified atom stereocenters. The summed E-state index contributed by atoms with van der Waals surface area (Å²) in [4.78, 5) is 16.6. The monoisotopic (exact) mass is 242 g/mol. The maximum absolute atomic E-state index is 11.9. The van der Waals surface area contributed by atoms with Gasteiger partial charge in [-0.3, -0.25) is 4.79 Å². The zero-order valence-electron chi connectivity index (χ0n) is 8.94. The van der Waals surface area contributed by atoms with E-state index >= 15 is 0 Å². The Labute approximate surface area is 103 Å². The largest absolute Gasteiger partial charge is 0.367 e. The number of carbonyl (C=O) groups is 1. The quantitative estimate of drug-likeness (QED) is 0.755. The molecule has 84 valence electrons. The molecule has 4 heteroatoms. The number of amides is 1. The van der Waals surface area contributed by atoms with Crippen LogP contribution in [0.1, 0.15) is 5.56 Å². The van der Waals surface area contributed by atoms with Crippen LogP contribution in [0, 0.1) is 0 Å². The molecule has 1 aromatic heterocycles. The van der Waals surface area contributed by atoms with E-state index in [9.17, 15) is 4.79 Å². The summed E-state index contributed by atoms with van der Waals surface area (Å²) in [5.41, 5.74) is 1.88. The second-order valence-corrected chi connectivity index (χ2v) is 4.79. The van der Waals surface area contributed by atoms with E-state index in [-0.39, 0.29) is 5.91 Å². The minimum Gasteiger partial charge on any atom is -0.367 e. The number of rotatable bonds is 1. The number of nitrogens with one attached hydrogen (secondary N) is 2. The van der Waals surface area contributed by atoms with Gasteiger partial charge in [0, 0.05) is 17.3 Å². The minimum atomic E-state index is -0.0464. The molecule has 0 fully saturated rings. The molecular weight excluding hydrogens is 232 g/mol. The Morgan fingerprint density at radius 3 is 2.88 bits per heavy atom. The van der Waals surface area contributed by atoms with Gasteiger partial charge in [-0.25, -0.2) is 0 Å². The molecule has 3 rings (SSSR count). The number of hydrogen-bond acceptors (Lipinski definition) is 2. The molecule has 17 heavy (non-hydrogen) atoms. The van der Waals surface area contributed by atoms with E-state index in [0.717, 1.165) is 16.1 Å². The zero-order chi connectivity index (χ0) is 11.7. The number of thioether (sulfide) groups is 1. The third-order valence-corrected chi connectivity index (χ3v) is 3.60. The number of carbonyl (C=O) groups excluding carboxylic acids is 1. The molecule has 0 atom stereocenters. The lowest BCUT2D eigenvalue weighted by Crippen LogP contribution is -2.16. The summed E-state index contributed by atoms with van der Waals surface area (Å²) in [5.74, 6) is -0.0464. The molecule has 0 saturated heterocycles. The van der Waals surface area contributed by atoms with E-state index in [4.69, 9.17) is 0 Å². The average Bonchev–Trinajstić information content (AvgIpc) is 2.83. The lowest BCUT2D eigenvalue weighted by atomic mass is 10.2. The first kappa shape index (κ1) is 10.2. The highest BCUT2D eigenvalue weighted by Crippen LogP contribution is 2.38. The van der Waals surface area contributed by atoms with Crippen LogP contribution < -0.4 is 5.32 Å². The van der Waals surface area contributed by atoms with Gasteiger partial charge in [-0.2, -0.15) is 0 Å². The van der Waals surface area contributed by atoms with Gasteiger partial charge in [0.05, 0.1) is 10.6 Å². The summed E-state index contributed by atoms with van der Waals surface area (Å²) in [6.45, 7) is 0. The summed E-state index contributed by atoms with van der Waals surface area (Å²) in [5, 5.41) is 2.88. The van der Waals surface area contributed by atoms with Crippen LogP contribution in [0.25, 0.3) is 6.08 Å². The summed E-state index contributed by atoms with van der Waals surface area (Å²) >= 11 is 1.50. The van der Waals surface area contributed by atoms with Gasteiger partial charge in [0.1, 0.15) is 0 Å². The van der Waals surface area contributed by atoms with Crippen molar-refractivity contribution in [2.75, 3.05) is 5.32 Å². The number of fused-ring (bicyclic) bond motifs is 1. The molecule has 2 N–H and O–H groups in total. The molecule has 0 aliphatic carbocycles. The van der Waals surface area contributed by atoms with Crippen molar-refractivity contribution in [3.8, 4) is 0 Å². The van der Waals surface area contributed by atoms with Crippen LogP contribution in [0.15, 0.2) is 52.5 Å². The van der Waals surface area contributed by atoms with Crippen LogP contribution in [0.4, 0.5) is 5.69 Å². The molecule has 2 aromatic rings. The number of aromatic amines is 1. The van der Waals surface area contributed by atoms with Crippen LogP contribution in [0.2, 0.25) is 0 Å². The summed E-state index contributed by atoms with van der Waals surface area (Å²) in [6.07, 6.45) is 5.58. The Morgan fingerprint density at radius 2 is 2.06 bits per heavy atom. The Hall–Kier alpha value is -1.94. The number of H-pyrrole nitrogens is 1. The average molecular weight is 242 g/mol. The number of aromatic nitrogens is 1. The van der Waals surface area contributed by atoms with Crippen molar-refractivity contribution in [2.24, 2.45) is 0 Å². The van der Waals surface area contributed by atoms with Gasteiger partial charge >= 0.3 is 0 Å². The van der Waals surface area contributed by atoms with E-state index in [1.807, 2.05) is 48.8 Å². The summed E-state index contributed by atoms with van der Waals surface area (Å²) in [6, 6.07) is 9.73. The normalized spacial score (nSPS) is 16.7. The number of benzene rings is 1. The van der Waals surface area contributed by atoms with Crippen LogP contribution in [0.5, 0.6) is 0 Å². The fraction of sp³-hybridized carbons (Fsp3) is 0. The highest BCUT2D eigenvalue weighted by Gasteiger charge is 2.20. The van der Waals surface area contributed by atoms with Crippen LogP contribution in [0.3, 0.4) is 0 Å². The predicted molar refractivity (Wildman–Crippen MR) is 69.7 cm³/mol. The van der Waals surface area contributed by atoms with E-state index < -0.39 is 0 Å². The molecule has 0 saturated carbocycles. The Balaban J connectivity index is 1.97. The second kappa shape index (κ2) is 4.14. The van der Waals surface area contributed by atoms with Gasteiger partial charge in [-0.1, -0.05) is 23.9 Å². The van der Waals surface area contributed by atoms with E-state index in [1.54, 1.807) is 0 Å². The van der Waals surface area contributed by atoms with Crippen molar-refractivity contribution in [1.82, 2.24) is 4.98 Å². The van der Waals surface area contributed by atoms with Crippen LogP contribution in [-0.4, -0.2) is 10.9 Å². The highest BCUT2D eigenvalue weighted by atomic mass is 32.2. The Kier molecular flexibility index (Phi) is 2.49. The third kappa shape index (κ3) is 1.99. The van der Waals surface area contributed by atoms with Gasteiger partial charge in [0.25, 0.3) is 5.91 Å². The standard InChI is InChI=1S/C13H10N2OS/c16-13-12(7-9-5-6-14-8-9)17-11-4-2-1-3-10(11)15-13/h1-8,14H,(H,15,16). The number of hydrogen-bond donors (Lipinski definition) is 2. The SMILES string of the molecule is O=C1Nc2ccccc2SC1=Cc1cc[nH]c1. The van der Waals surface area contributed by atoms with E-state index in [1.165, 1.54) is 11.8 Å². The minimum absolute atomic E-state index is 0.0464. The van der Waals surface area contributed by atoms with Crippen molar-refractivity contribution in [1.29, 1.82) is 0 Å². The molecule has 2 heterocycles. The zero-order valence-corrected chi connectivity index (χ0v) is 9.75. The molecule has 0 bridgehead atoms. The number of para-hydroxylation sites is 1. The molecule has 1 aromatic carbocycles. The molecule has 0 radical (unpaired) electrons. The maximum Gasteiger partial charge on any atom is 0.262 e. The first-order valence-corrected chi connectivity index (χ1v) is 6.07. The Bertz CT molecular complexity index is 587. The fourth-order valence-corrected chi connectivity index (χ4v) is 2.63. The van der Waals surface area contributed by atoms with Crippen molar-refractivity contribution in [3.05, 3.63) is 53.2 Å². The van der Waals surface area contributed by atoms with Crippen molar-refractivity contribution < 1.29 is 4.79 Å². The lowest BCUT2D eigenvalue weighted by molar-refractivity contribution is -0.112. The molecule has 3 nitrogen and oxygen atoms in total. The van der Waals surface area contributed by atoms with Crippen LogP contribution >= 0.6 is 11.8 Å². The first-order valence-electron chi connectivity index (χ1n) is 5.26. The highest BCUT2D eigenvalue weighted by molar-refractivity contribution is 8.04. The van der Waals surface area contributed by atoms with Gasteiger partial charge in [0.2, 0.25) is 0 Å². The van der Waals surface area contributed by atoms with Gasteiger partial charge in [0.15, 0.2) is 0 Å². The predicted octanol–water partition coefficient (Wildman–Crippen LogP) is 3.10. The van der Waals surface area contributed by atoms with Crippen molar-refractivity contribution in [3.63, 3.8) is 0 Å². The smallest absolute Gasteiger partial charge is 0.262 e. The summed E-state index contributed by atoms with van der Waals surface area (Å²) < 4.78 is 0. The summed E-state index contributed by atoms with van der Waals surface area (Å²) in [7, 11) is 0. The molecule has 1 aliphatic heterocycles. The second-order valence-electron chi connectivity index (χ2n) is 3.71. The molecular formula is C13H10N2OS. The first-order chi connectivity index (χ1) is 8.33. The van der Waals surface area contributed by atoms with Crippen LogP contribution in [-0.2, 0) is 4.79 Å². The van der Waals surface area contributed by atoms with Crippen molar-refractivity contribution >= 4 is 29.4 Å². The third-order valence-electron chi connectivity index (χ3n) is 2.50. The Morgan fingerprint density at radius 1 is 1.18 bits per heavy atom. The molecule has 1 amide bonds. The molecule has 0 spiro atoms. The topological polar surface area (TPSA) is 44.9 Å². The van der Waals surface area contributed by atoms with Gasteiger partial charge < -0.3 is 10.3 Å². The van der Waals surface area contributed by atoms with Gasteiger partial charge in [-0.05, 0) is 29.8 Å².